The van der Waals surface area contributed by atoms with E-state index in [2.05, 4.69) is 35.8 Å². The normalized spacial score (nSPS) is 10.7. The van der Waals surface area contributed by atoms with Crippen LogP contribution in [0.25, 0.3) is 10.4 Å². The molecule has 13 heavy (non-hydrogen) atoms. The van der Waals surface area contributed by atoms with Gasteiger partial charge in [-0.25, -0.2) is 0 Å². The van der Waals surface area contributed by atoms with E-state index >= 15 is 0 Å². The second-order valence-electron chi connectivity index (χ2n) is 3.84. The standard InChI is InChI=1S/C9H12N4/c1-9(2,3)7-4-5-11-8(6-7)12-13-10/h4-6H,1-3H3. The lowest BCUT2D eigenvalue weighted by Crippen LogP contribution is -2.10. The second-order valence-corrected chi connectivity index (χ2v) is 3.84. The molecule has 0 saturated carbocycles. The quantitative estimate of drug-likeness (QED) is 0.367. The zero-order valence-electron chi connectivity index (χ0n) is 8.02. The number of aromatic nitrogens is 1. The molecule has 0 aliphatic rings. The molecule has 0 fully saturated rings. The number of pyridine rings is 1. The van der Waals surface area contributed by atoms with Crippen molar-refractivity contribution in [1.29, 1.82) is 0 Å². The first kappa shape index (κ1) is 9.55. The summed E-state index contributed by atoms with van der Waals surface area (Å²) in [6, 6.07) is 3.73. The van der Waals surface area contributed by atoms with E-state index in [1.807, 2.05) is 6.07 Å². The van der Waals surface area contributed by atoms with Crippen molar-refractivity contribution in [2.45, 2.75) is 26.2 Å². The summed E-state index contributed by atoms with van der Waals surface area (Å²) in [6.45, 7) is 6.30. The summed E-state index contributed by atoms with van der Waals surface area (Å²) < 4.78 is 0. The van der Waals surface area contributed by atoms with Crippen molar-refractivity contribution in [2.75, 3.05) is 0 Å². The Balaban J connectivity index is 3.12. The molecule has 4 nitrogen and oxygen atoms in total. The van der Waals surface area contributed by atoms with Crippen LogP contribution in [0.5, 0.6) is 0 Å². The summed E-state index contributed by atoms with van der Waals surface area (Å²) in [4.78, 5) is 6.61. The maximum absolute atomic E-state index is 8.23. The molecule has 68 valence electrons. The van der Waals surface area contributed by atoms with Gasteiger partial charge in [-0.3, -0.25) is 4.98 Å². The van der Waals surface area contributed by atoms with Crippen molar-refractivity contribution in [2.24, 2.45) is 5.11 Å². The van der Waals surface area contributed by atoms with Gasteiger partial charge in [-0.05, 0) is 33.8 Å². The molecular weight excluding hydrogens is 164 g/mol. The van der Waals surface area contributed by atoms with Crippen molar-refractivity contribution in [1.82, 2.24) is 4.98 Å². The van der Waals surface area contributed by atoms with Gasteiger partial charge < -0.3 is 0 Å². The monoisotopic (exact) mass is 176 g/mol. The highest BCUT2D eigenvalue weighted by Crippen LogP contribution is 2.24. The van der Waals surface area contributed by atoms with Gasteiger partial charge in [-0.15, -0.1) is 0 Å². The molecule has 1 heterocycles. The second kappa shape index (κ2) is 3.46. The third-order valence-corrected chi connectivity index (χ3v) is 1.76. The van der Waals surface area contributed by atoms with E-state index in [9.17, 15) is 0 Å². The van der Waals surface area contributed by atoms with Crippen molar-refractivity contribution in [3.05, 3.63) is 34.3 Å². The summed E-state index contributed by atoms with van der Waals surface area (Å²) >= 11 is 0. The first-order valence-electron chi connectivity index (χ1n) is 4.05. The molecule has 1 aromatic rings. The minimum atomic E-state index is 0.0582. The summed E-state index contributed by atoms with van der Waals surface area (Å²) in [7, 11) is 0. The van der Waals surface area contributed by atoms with Crippen LogP contribution in [0.2, 0.25) is 0 Å². The van der Waals surface area contributed by atoms with Crippen molar-refractivity contribution in [3.63, 3.8) is 0 Å². The van der Waals surface area contributed by atoms with Gasteiger partial charge in [0.2, 0.25) is 0 Å². The highest BCUT2D eigenvalue weighted by atomic mass is 15.2. The van der Waals surface area contributed by atoms with Crippen LogP contribution in [0.15, 0.2) is 23.4 Å². The molecule has 0 bridgehead atoms. The van der Waals surface area contributed by atoms with E-state index in [-0.39, 0.29) is 5.41 Å². The number of rotatable bonds is 1. The lowest BCUT2D eigenvalue weighted by atomic mass is 9.88. The zero-order chi connectivity index (χ0) is 9.90. The Kier molecular flexibility index (Phi) is 2.54. The number of hydrogen-bond donors (Lipinski definition) is 0. The van der Waals surface area contributed by atoms with Gasteiger partial charge in [0.25, 0.3) is 0 Å². The molecule has 1 aromatic heterocycles. The summed E-state index contributed by atoms with van der Waals surface area (Å²) in [5, 5.41) is 3.45. The smallest absolute Gasteiger partial charge is 0.127 e. The average molecular weight is 176 g/mol. The molecular formula is C9H12N4. The minimum Gasteiger partial charge on any atom is -0.255 e. The number of azide groups is 1. The van der Waals surface area contributed by atoms with Crippen LogP contribution in [0.3, 0.4) is 0 Å². The molecule has 0 radical (unpaired) electrons. The molecule has 4 heteroatoms. The van der Waals surface area contributed by atoms with Crippen LogP contribution in [0, 0.1) is 0 Å². The first-order chi connectivity index (χ1) is 6.04. The van der Waals surface area contributed by atoms with E-state index in [0.717, 1.165) is 5.56 Å². The Morgan fingerprint density at radius 2 is 2.15 bits per heavy atom. The van der Waals surface area contributed by atoms with Gasteiger partial charge in [0.05, 0.1) is 0 Å². The third-order valence-electron chi connectivity index (χ3n) is 1.76. The molecule has 0 aliphatic heterocycles. The summed E-state index contributed by atoms with van der Waals surface area (Å²) in [5.41, 5.74) is 9.41. The molecule has 1 rings (SSSR count). The minimum absolute atomic E-state index is 0.0582. The van der Waals surface area contributed by atoms with E-state index in [4.69, 9.17) is 5.53 Å². The molecule has 0 spiro atoms. The van der Waals surface area contributed by atoms with E-state index in [1.54, 1.807) is 12.3 Å². The molecule has 0 aromatic carbocycles. The highest BCUT2D eigenvalue weighted by Gasteiger charge is 2.13. The van der Waals surface area contributed by atoms with Crippen molar-refractivity contribution < 1.29 is 0 Å². The molecule has 0 atom stereocenters. The summed E-state index contributed by atoms with van der Waals surface area (Å²) in [5.74, 6) is 0.426. The maximum atomic E-state index is 8.23. The largest absolute Gasteiger partial charge is 0.255 e. The number of hydrogen-bond acceptors (Lipinski definition) is 2. The van der Waals surface area contributed by atoms with Gasteiger partial charge in [0, 0.05) is 11.1 Å². The predicted molar refractivity (Wildman–Crippen MR) is 51.7 cm³/mol. The van der Waals surface area contributed by atoms with Gasteiger partial charge in [0.15, 0.2) is 0 Å². The van der Waals surface area contributed by atoms with Gasteiger partial charge in [0.1, 0.15) is 5.82 Å². The van der Waals surface area contributed by atoms with Crippen LogP contribution in [0.1, 0.15) is 26.3 Å². The Morgan fingerprint density at radius 1 is 1.46 bits per heavy atom. The zero-order valence-corrected chi connectivity index (χ0v) is 8.02. The van der Waals surface area contributed by atoms with Gasteiger partial charge >= 0.3 is 0 Å². The van der Waals surface area contributed by atoms with Crippen LogP contribution in [0.4, 0.5) is 5.82 Å². The Hall–Kier alpha value is -1.54. The molecule has 0 N–H and O–H groups in total. The van der Waals surface area contributed by atoms with Crippen LogP contribution in [-0.4, -0.2) is 4.98 Å². The van der Waals surface area contributed by atoms with Gasteiger partial charge in [-0.1, -0.05) is 20.8 Å². The summed E-state index contributed by atoms with van der Waals surface area (Å²) in [6.07, 6.45) is 1.66. The van der Waals surface area contributed by atoms with E-state index in [1.165, 1.54) is 0 Å². The average Bonchev–Trinajstić information content (AvgIpc) is 2.04. The Bertz CT molecular complexity index is 345. The highest BCUT2D eigenvalue weighted by molar-refractivity contribution is 5.34. The molecule has 0 amide bonds. The maximum Gasteiger partial charge on any atom is 0.127 e. The molecule has 0 saturated heterocycles. The fourth-order valence-electron chi connectivity index (χ4n) is 0.985. The topological polar surface area (TPSA) is 61.7 Å². The fraction of sp³-hybridized carbons (Fsp3) is 0.444. The van der Waals surface area contributed by atoms with Crippen LogP contribution < -0.4 is 0 Å². The van der Waals surface area contributed by atoms with Crippen LogP contribution >= 0.6 is 0 Å². The predicted octanol–water partition coefficient (Wildman–Crippen LogP) is 3.32. The Labute approximate surface area is 77.2 Å². The number of nitrogens with zero attached hydrogens (tertiary/aromatic N) is 4. The van der Waals surface area contributed by atoms with Crippen molar-refractivity contribution >= 4 is 5.82 Å². The third kappa shape index (κ3) is 2.46. The fourth-order valence-corrected chi connectivity index (χ4v) is 0.985. The lowest BCUT2D eigenvalue weighted by Gasteiger charge is -2.18. The van der Waals surface area contributed by atoms with Crippen LogP contribution in [-0.2, 0) is 5.41 Å². The lowest BCUT2D eigenvalue weighted by molar-refractivity contribution is 0.589. The van der Waals surface area contributed by atoms with Gasteiger partial charge in [-0.2, -0.15) is 0 Å². The Morgan fingerprint density at radius 3 is 2.69 bits per heavy atom. The van der Waals surface area contributed by atoms with E-state index < -0.39 is 0 Å². The van der Waals surface area contributed by atoms with Crippen molar-refractivity contribution in [3.8, 4) is 0 Å². The SMILES string of the molecule is CC(C)(C)c1ccnc(N=[N+]=[N-])c1. The molecule has 0 aliphatic carbocycles. The van der Waals surface area contributed by atoms with E-state index in [0.29, 0.717) is 5.82 Å². The first-order valence-corrected chi connectivity index (χ1v) is 4.05. The molecule has 0 unspecified atom stereocenters.